The number of nitrogens with one attached hydrogen (secondary N) is 2. The number of nitrogens with zero attached hydrogens (tertiary/aromatic N) is 3. The molecule has 2 N–H and O–H groups in total. The average Bonchev–Trinajstić information content (AvgIpc) is 3.24. The quantitative estimate of drug-likeness (QED) is 0.699. The van der Waals surface area contributed by atoms with E-state index in [-0.39, 0.29) is 12.1 Å². The van der Waals surface area contributed by atoms with Crippen LogP contribution in [-0.2, 0) is 0 Å². The van der Waals surface area contributed by atoms with Crippen LogP contribution in [0.3, 0.4) is 0 Å². The summed E-state index contributed by atoms with van der Waals surface area (Å²) in [6.45, 7) is 4.30. The topological polar surface area (TPSA) is 75.3 Å². The first-order valence-electron chi connectivity index (χ1n) is 8.82. The summed E-state index contributed by atoms with van der Waals surface area (Å²) in [5.74, 6) is 2.60. The van der Waals surface area contributed by atoms with Crippen LogP contribution in [0.2, 0.25) is 0 Å². The number of rotatable bonds is 6. The van der Waals surface area contributed by atoms with Crippen LogP contribution < -0.4 is 10.6 Å². The predicted molar refractivity (Wildman–Crippen MR) is 105 cm³/mol. The van der Waals surface area contributed by atoms with Crippen molar-refractivity contribution >= 4 is 11.7 Å². The zero-order chi connectivity index (χ0) is 19.4. The molecule has 7 heteroatoms. The van der Waals surface area contributed by atoms with E-state index in [1.54, 1.807) is 6.20 Å². The van der Waals surface area contributed by atoms with E-state index in [4.69, 9.17) is 4.42 Å². The number of likely N-dealkylation sites (N-methyl/N-ethyl adjacent to an activating group) is 1. The van der Waals surface area contributed by atoms with Crippen molar-refractivity contribution in [3.05, 3.63) is 66.1 Å². The molecule has 0 saturated heterocycles. The Hall–Kier alpha value is -3.06. The van der Waals surface area contributed by atoms with Crippen LogP contribution in [0.15, 0.2) is 53.2 Å². The molecule has 0 aliphatic rings. The lowest BCUT2D eigenvalue weighted by Gasteiger charge is -2.22. The van der Waals surface area contributed by atoms with Crippen molar-refractivity contribution in [1.82, 2.24) is 19.8 Å². The number of aromatic nitrogens is 2. The number of urea groups is 1. The number of hydrogen-bond acceptors (Lipinski definition) is 4. The van der Waals surface area contributed by atoms with Crippen molar-refractivity contribution in [2.45, 2.75) is 19.9 Å². The van der Waals surface area contributed by atoms with Crippen LogP contribution in [0, 0.1) is 13.8 Å². The molecule has 1 atom stereocenters. The highest BCUT2D eigenvalue weighted by Gasteiger charge is 2.18. The van der Waals surface area contributed by atoms with Gasteiger partial charge in [0.05, 0.1) is 6.04 Å². The fraction of sp³-hybridized carbons (Fsp3) is 0.300. The summed E-state index contributed by atoms with van der Waals surface area (Å²) in [6, 6.07) is 11.2. The molecule has 0 radical (unpaired) electrons. The minimum Gasteiger partial charge on any atom is -0.465 e. The molecule has 0 unspecified atom stereocenters. The monoisotopic (exact) mass is 367 g/mol. The van der Waals surface area contributed by atoms with Gasteiger partial charge in [-0.2, -0.15) is 0 Å². The summed E-state index contributed by atoms with van der Waals surface area (Å²) in [4.78, 5) is 18.5. The average molecular weight is 367 g/mol. The molecule has 0 bridgehead atoms. The summed E-state index contributed by atoms with van der Waals surface area (Å²) in [5.41, 5.74) is 1.72. The third-order valence-corrected chi connectivity index (χ3v) is 4.40. The standard InChI is InChI=1S/C20H25N5O2/c1-14-5-10-19(27-14)18(24(3)4)13-22-20(26)23-16-6-8-17(9-7-16)25-12-11-21-15(25)2/h5-12,18H,13H2,1-4H3,(H2,22,23,26)/t18-/m1/s1. The van der Waals surface area contributed by atoms with E-state index >= 15 is 0 Å². The second-order valence-electron chi connectivity index (χ2n) is 6.65. The fourth-order valence-electron chi connectivity index (χ4n) is 2.89. The molecule has 1 aromatic carbocycles. The molecule has 27 heavy (non-hydrogen) atoms. The zero-order valence-corrected chi connectivity index (χ0v) is 16.1. The minimum absolute atomic E-state index is 0.0314. The van der Waals surface area contributed by atoms with Crippen molar-refractivity contribution in [2.24, 2.45) is 0 Å². The van der Waals surface area contributed by atoms with E-state index in [9.17, 15) is 4.79 Å². The lowest BCUT2D eigenvalue weighted by molar-refractivity contribution is 0.232. The molecule has 2 aromatic heterocycles. The van der Waals surface area contributed by atoms with Gasteiger partial charge in [-0.05, 0) is 64.3 Å². The van der Waals surface area contributed by atoms with E-state index in [1.165, 1.54) is 0 Å². The van der Waals surface area contributed by atoms with Gasteiger partial charge >= 0.3 is 6.03 Å². The van der Waals surface area contributed by atoms with E-state index in [0.29, 0.717) is 6.54 Å². The van der Waals surface area contributed by atoms with Gasteiger partial charge in [0.15, 0.2) is 0 Å². The van der Waals surface area contributed by atoms with Crippen LogP contribution in [0.5, 0.6) is 0 Å². The van der Waals surface area contributed by atoms with Gasteiger partial charge in [0.2, 0.25) is 0 Å². The number of carbonyl (C=O) groups is 1. The molecule has 0 aliphatic carbocycles. The van der Waals surface area contributed by atoms with Crippen LogP contribution in [0.1, 0.15) is 23.4 Å². The number of hydrogen-bond donors (Lipinski definition) is 2. The lowest BCUT2D eigenvalue weighted by atomic mass is 10.2. The van der Waals surface area contributed by atoms with Gasteiger partial charge in [0, 0.05) is 30.3 Å². The molecular weight excluding hydrogens is 342 g/mol. The van der Waals surface area contributed by atoms with Crippen LogP contribution in [-0.4, -0.2) is 41.1 Å². The number of amides is 2. The first-order chi connectivity index (χ1) is 12.9. The molecule has 142 valence electrons. The van der Waals surface area contributed by atoms with Crippen LogP contribution >= 0.6 is 0 Å². The van der Waals surface area contributed by atoms with Crippen molar-refractivity contribution in [3.8, 4) is 5.69 Å². The first kappa shape index (κ1) is 18.7. The van der Waals surface area contributed by atoms with Crippen LogP contribution in [0.4, 0.5) is 10.5 Å². The van der Waals surface area contributed by atoms with E-state index in [1.807, 2.05) is 80.0 Å². The van der Waals surface area contributed by atoms with Crippen molar-refractivity contribution in [3.63, 3.8) is 0 Å². The molecule has 3 rings (SSSR count). The zero-order valence-electron chi connectivity index (χ0n) is 16.1. The number of aryl methyl sites for hydroxylation is 2. The van der Waals surface area contributed by atoms with E-state index < -0.39 is 0 Å². The molecule has 0 spiro atoms. The lowest BCUT2D eigenvalue weighted by Crippen LogP contribution is -2.36. The molecule has 7 nitrogen and oxygen atoms in total. The summed E-state index contributed by atoms with van der Waals surface area (Å²) in [5, 5.41) is 5.76. The third-order valence-electron chi connectivity index (χ3n) is 4.40. The predicted octanol–water partition coefficient (Wildman–Crippen LogP) is 3.51. The highest BCUT2D eigenvalue weighted by atomic mass is 16.3. The van der Waals surface area contributed by atoms with Crippen molar-refractivity contribution in [2.75, 3.05) is 26.0 Å². The van der Waals surface area contributed by atoms with Gasteiger partial charge in [0.1, 0.15) is 17.3 Å². The molecule has 0 fully saturated rings. The maximum absolute atomic E-state index is 12.3. The number of anilines is 1. The van der Waals surface area contributed by atoms with Gasteiger partial charge < -0.3 is 19.6 Å². The normalized spacial score (nSPS) is 12.2. The number of benzene rings is 1. The Kier molecular flexibility index (Phi) is 5.61. The molecule has 0 saturated carbocycles. The second-order valence-corrected chi connectivity index (χ2v) is 6.65. The second kappa shape index (κ2) is 8.09. The fourth-order valence-corrected chi connectivity index (χ4v) is 2.89. The maximum atomic E-state index is 12.3. The maximum Gasteiger partial charge on any atom is 0.319 e. The van der Waals surface area contributed by atoms with E-state index in [0.717, 1.165) is 28.7 Å². The number of furan rings is 1. The van der Waals surface area contributed by atoms with Crippen LogP contribution in [0.25, 0.3) is 5.69 Å². The van der Waals surface area contributed by atoms with E-state index in [2.05, 4.69) is 15.6 Å². The molecule has 3 aromatic rings. The molecule has 0 aliphatic heterocycles. The molecule has 2 amide bonds. The van der Waals surface area contributed by atoms with Gasteiger partial charge in [-0.25, -0.2) is 9.78 Å². The van der Waals surface area contributed by atoms with Crippen molar-refractivity contribution < 1.29 is 9.21 Å². The third kappa shape index (κ3) is 4.57. The Morgan fingerprint density at radius 2 is 1.93 bits per heavy atom. The highest BCUT2D eigenvalue weighted by Crippen LogP contribution is 2.20. The molecular formula is C20H25N5O2. The Morgan fingerprint density at radius 1 is 1.19 bits per heavy atom. The summed E-state index contributed by atoms with van der Waals surface area (Å²) >= 11 is 0. The minimum atomic E-state index is -0.253. The van der Waals surface area contributed by atoms with Gasteiger partial charge in [-0.3, -0.25) is 4.90 Å². The Bertz CT molecular complexity index is 895. The summed E-state index contributed by atoms with van der Waals surface area (Å²) in [6.07, 6.45) is 3.67. The van der Waals surface area contributed by atoms with Gasteiger partial charge in [-0.15, -0.1) is 0 Å². The number of imidazole rings is 1. The van der Waals surface area contributed by atoms with Gasteiger partial charge in [0.25, 0.3) is 0 Å². The van der Waals surface area contributed by atoms with Crippen molar-refractivity contribution in [1.29, 1.82) is 0 Å². The number of carbonyl (C=O) groups excluding carboxylic acids is 1. The van der Waals surface area contributed by atoms with Gasteiger partial charge in [-0.1, -0.05) is 0 Å². The largest absolute Gasteiger partial charge is 0.465 e. The smallest absolute Gasteiger partial charge is 0.319 e. The summed E-state index contributed by atoms with van der Waals surface area (Å²) in [7, 11) is 3.91. The molecule has 2 heterocycles. The highest BCUT2D eigenvalue weighted by molar-refractivity contribution is 5.89. The Morgan fingerprint density at radius 3 is 2.48 bits per heavy atom. The first-order valence-corrected chi connectivity index (χ1v) is 8.82. The Labute approximate surface area is 159 Å². The SMILES string of the molecule is Cc1ccc([C@@H](CNC(=O)Nc2ccc(-n3ccnc3C)cc2)N(C)C)o1. The Balaban J connectivity index is 1.58. The summed E-state index contributed by atoms with van der Waals surface area (Å²) < 4.78 is 7.68.